The monoisotopic (exact) mass is 170 g/mol. The molecule has 0 unspecified atom stereocenters. The molecule has 0 bridgehead atoms. The number of likely N-dealkylation sites (tertiary alicyclic amines) is 1. The molecule has 12 heavy (non-hydrogen) atoms. The molecule has 3 heteroatoms. The van der Waals surface area contributed by atoms with Gasteiger partial charge in [-0.25, -0.2) is 0 Å². The summed E-state index contributed by atoms with van der Waals surface area (Å²) in [6, 6.07) is 0. The van der Waals surface area contributed by atoms with E-state index in [2.05, 4.69) is 11.9 Å². The summed E-state index contributed by atoms with van der Waals surface area (Å²) in [6.07, 6.45) is 4.48. The van der Waals surface area contributed by atoms with Crippen LogP contribution in [0.2, 0.25) is 0 Å². The lowest BCUT2D eigenvalue weighted by Gasteiger charge is -2.37. The second kappa shape index (κ2) is 4.01. The van der Waals surface area contributed by atoms with E-state index in [0.29, 0.717) is 6.42 Å². The fourth-order valence-electron chi connectivity index (χ4n) is 1.66. The maximum absolute atomic E-state index is 10.2. The highest BCUT2D eigenvalue weighted by molar-refractivity contribution is 5.49. The van der Waals surface area contributed by atoms with E-state index >= 15 is 0 Å². The number of aldehydes is 1. The van der Waals surface area contributed by atoms with Crippen molar-refractivity contribution < 1.29 is 4.79 Å². The van der Waals surface area contributed by atoms with Crippen LogP contribution in [-0.4, -0.2) is 36.9 Å². The summed E-state index contributed by atoms with van der Waals surface area (Å²) in [5.74, 6) is 0. The topological polar surface area (TPSA) is 46.3 Å². The molecule has 0 spiro atoms. The van der Waals surface area contributed by atoms with Gasteiger partial charge in [-0.1, -0.05) is 0 Å². The zero-order chi connectivity index (χ0) is 9.03. The minimum Gasteiger partial charge on any atom is -0.325 e. The SMILES string of the molecule is CN1CCC(N)(CCC=O)CC1. The van der Waals surface area contributed by atoms with Crippen molar-refractivity contribution in [2.24, 2.45) is 5.73 Å². The van der Waals surface area contributed by atoms with Crippen LogP contribution in [0.15, 0.2) is 0 Å². The minimum atomic E-state index is -0.0621. The lowest BCUT2D eigenvalue weighted by Crippen LogP contribution is -2.49. The van der Waals surface area contributed by atoms with Crippen LogP contribution in [-0.2, 0) is 4.79 Å². The average molecular weight is 170 g/mol. The van der Waals surface area contributed by atoms with E-state index in [-0.39, 0.29) is 5.54 Å². The van der Waals surface area contributed by atoms with Crippen molar-refractivity contribution >= 4 is 6.29 Å². The van der Waals surface area contributed by atoms with Gasteiger partial charge in [-0.15, -0.1) is 0 Å². The molecule has 1 aliphatic rings. The standard InChI is InChI=1S/C9H18N2O/c1-11-6-4-9(10,5-7-11)3-2-8-12/h8H,2-7,10H2,1H3. The maximum atomic E-state index is 10.2. The van der Waals surface area contributed by atoms with Gasteiger partial charge in [0.05, 0.1) is 0 Å². The van der Waals surface area contributed by atoms with E-state index in [1.165, 1.54) is 0 Å². The van der Waals surface area contributed by atoms with Crippen molar-refractivity contribution in [2.45, 2.75) is 31.2 Å². The quantitative estimate of drug-likeness (QED) is 0.623. The van der Waals surface area contributed by atoms with Crippen molar-refractivity contribution in [3.63, 3.8) is 0 Å². The van der Waals surface area contributed by atoms with Gasteiger partial charge >= 0.3 is 0 Å². The summed E-state index contributed by atoms with van der Waals surface area (Å²) >= 11 is 0. The summed E-state index contributed by atoms with van der Waals surface area (Å²) in [4.78, 5) is 12.5. The van der Waals surface area contributed by atoms with Gasteiger partial charge in [0.25, 0.3) is 0 Å². The average Bonchev–Trinajstić information content (AvgIpc) is 2.08. The van der Waals surface area contributed by atoms with Crippen LogP contribution in [0.4, 0.5) is 0 Å². The first-order valence-corrected chi connectivity index (χ1v) is 4.57. The molecule has 1 heterocycles. The Labute approximate surface area is 73.9 Å². The third-order valence-electron chi connectivity index (χ3n) is 2.74. The number of nitrogens with zero attached hydrogens (tertiary/aromatic N) is 1. The first-order valence-electron chi connectivity index (χ1n) is 4.57. The Morgan fingerprint density at radius 3 is 2.58 bits per heavy atom. The molecule has 1 aliphatic heterocycles. The molecule has 1 saturated heterocycles. The molecule has 0 aromatic rings. The second-order valence-electron chi connectivity index (χ2n) is 3.87. The molecule has 0 aromatic carbocycles. The number of hydrogen-bond acceptors (Lipinski definition) is 3. The van der Waals surface area contributed by atoms with E-state index in [1.54, 1.807) is 0 Å². The van der Waals surface area contributed by atoms with Gasteiger partial charge in [0, 0.05) is 12.0 Å². The summed E-state index contributed by atoms with van der Waals surface area (Å²) in [7, 11) is 2.11. The van der Waals surface area contributed by atoms with E-state index in [9.17, 15) is 4.79 Å². The normalized spacial score (nSPS) is 23.8. The summed E-state index contributed by atoms with van der Waals surface area (Å²) in [6.45, 7) is 2.13. The van der Waals surface area contributed by atoms with Gasteiger partial charge < -0.3 is 15.4 Å². The zero-order valence-corrected chi connectivity index (χ0v) is 7.75. The third kappa shape index (κ3) is 2.57. The van der Waals surface area contributed by atoms with Crippen LogP contribution in [0.25, 0.3) is 0 Å². The Hall–Kier alpha value is -0.410. The fraction of sp³-hybridized carbons (Fsp3) is 0.889. The van der Waals surface area contributed by atoms with Crippen LogP contribution in [0, 0.1) is 0 Å². The predicted molar refractivity (Wildman–Crippen MR) is 48.9 cm³/mol. The number of nitrogens with two attached hydrogens (primary N) is 1. The van der Waals surface area contributed by atoms with E-state index in [4.69, 9.17) is 5.73 Å². The number of carbonyl (C=O) groups excluding carboxylic acids is 1. The van der Waals surface area contributed by atoms with Gasteiger partial charge in [0.2, 0.25) is 0 Å². The number of hydrogen-bond donors (Lipinski definition) is 1. The molecule has 0 amide bonds. The third-order valence-corrected chi connectivity index (χ3v) is 2.74. The molecule has 0 radical (unpaired) electrons. The summed E-state index contributed by atoms with van der Waals surface area (Å²) in [5, 5.41) is 0. The van der Waals surface area contributed by atoms with Crippen molar-refractivity contribution in [1.29, 1.82) is 0 Å². The molecule has 1 fully saturated rings. The first kappa shape index (κ1) is 9.68. The Balaban J connectivity index is 2.33. The van der Waals surface area contributed by atoms with Crippen molar-refractivity contribution in [2.75, 3.05) is 20.1 Å². The van der Waals surface area contributed by atoms with E-state index in [1.807, 2.05) is 0 Å². The minimum absolute atomic E-state index is 0.0621. The highest BCUT2D eigenvalue weighted by Gasteiger charge is 2.28. The second-order valence-corrected chi connectivity index (χ2v) is 3.87. The Bertz CT molecular complexity index is 151. The predicted octanol–water partition coefficient (Wildman–Crippen LogP) is 0.389. The summed E-state index contributed by atoms with van der Waals surface area (Å²) < 4.78 is 0. The van der Waals surface area contributed by atoms with Crippen LogP contribution in [0.1, 0.15) is 25.7 Å². The van der Waals surface area contributed by atoms with Crippen LogP contribution >= 0.6 is 0 Å². The number of carbonyl (C=O) groups is 1. The highest BCUT2D eigenvalue weighted by Crippen LogP contribution is 2.22. The Morgan fingerprint density at radius 2 is 2.08 bits per heavy atom. The van der Waals surface area contributed by atoms with E-state index < -0.39 is 0 Å². The van der Waals surface area contributed by atoms with Crippen molar-refractivity contribution in [3.05, 3.63) is 0 Å². The molecule has 1 rings (SSSR count). The van der Waals surface area contributed by atoms with Crippen LogP contribution in [0.5, 0.6) is 0 Å². The van der Waals surface area contributed by atoms with Crippen LogP contribution in [0.3, 0.4) is 0 Å². The van der Waals surface area contributed by atoms with Gasteiger partial charge in [-0.2, -0.15) is 0 Å². The smallest absolute Gasteiger partial charge is 0.120 e. The van der Waals surface area contributed by atoms with E-state index in [0.717, 1.165) is 38.6 Å². The lowest BCUT2D eigenvalue weighted by molar-refractivity contribution is -0.108. The maximum Gasteiger partial charge on any atom is 0.120 e. The van der Waals surface area contributed by atoms with Crippen LogP contribution < -0.4 is 5.73 Å². The fourth-order valence-corrected chi connectivity index (χ4v) is 1.66. The number of piperidine rings is 1. The molecule has 0 saturated carbocycles. The van der Waals surface area contributed by atoms with Crippen molar-refractivity contribution in [1.82, 2.24) is 4.90 Å². The Morgan fingerprint density at radius 1 is 1.50 bits per heavy atom. The summed E-state index contributed by atoms with van der Waals surface area (Å²) in [5.41, 5.74) is 6.06. The molecule has 0 atom stereocenters. The van der Waals surface area contributed by atoms with Gasteiger partial charge in [-0.3, -0.25) is 0 Å². The van der Waals surface area contributed by atoms with Gasteiger partial charge in [0.1, 0.15) is 6.29 Å². The van der Waals surface area contributed by atoms with Crippen molar-refractivity contribution in [3.8, 4) is 0 Å². The number of rotatable bonds is 3. The molecule has 0 aromatic heterocycles. The van der Waals surface area contributed by atoms with Gasteiger partial charge in [0.15, 0.2) is 0 Å². The largest absolute Gasteiger partial charge is 0.325 e. The molecule has 0 aliphatic carbocycles. The molecular formula is C9H18N2O. The molecule has 2 N–H and O–H groups in total. The molecule has 70 valence electrons. The van der Waals surface area contributed by atoms with Gasteiger partial charge in [-0.05, 0) is 39.4 Å². The molecule has 3 nitrogen and oxygen atoms in total. The Kier molecular flexibility index (Phi) is 3.23. The highest BCUT2D eigenvalue weighted by atomic mass is 16.1. The first-order chi connectivity index (χ1) is 5.66. The molecular weight excluding hydrogens is 152 g/mol. The lowest BCUT2D eigenvalue weighted by atomic mass is 9.85. The zero-order valence-electron chi connectivity index (χ0n) is 7.75.